The van der Waals surface area contributed by atoms with E-state index in [0.717, 1.165) is 11.0 Å². The number of aliphatic hydroxyl groups excluding tert-OH is 1. The molecule has 3 rings (SSSR count). The van der Waals surface area contributed by atoms with Gasteiger partial charge in [0.1, 0.15) is 12.2 Å². The number of hydrogen-bond donors (Lipinski definition) is 1. The van der Waals surface area contributed by atoms with Crippen molar-refractivity contribution >= 4 is 11.0 Å². The Morgan fingerprint density at radius 1 is 1.33 bits per heavy atom. The van der Waals surface area contributed by atoms with Crippen LogP contribution in [0.5, 0.6) is 11.5 Å². The van der Waals surface area contributed by atoms with Crippen molar-refractivity contribution in [1.82, 2.24) is 0 Å². The van der Waals surface area contributed by atoms with Crippen LogP contribution in [-0.4, -0.2) is 24.4 Å². The zero-order valence-corrected chi connectivity index (χ0v) is 7.97. The van der Waals surface area contributed by atoms with Crippen LogP contribution in [0, 0.1) is 0 Å². The fraction of sp³-hybridized carbons (Fsp3) is 0.273. The second-order valence-corrected chi connectivity index (χ2v) is 3.46. The molecule has 0 saturated heterocycles. The molecule has 1 atom stereocenters. The Kier molecular flexibility index (Phi) is 1.82. The van der Waals surface area contributed by atoms with Crippen molar-refractivity contribution in [1.29, 1.82) is 0 Å². The van der Waals surface area contributed by atoms with Gasteiger partial charge in [0.15, 0.2) is 17.6 Å². The fourth-order valence-corrected chi connectivity index (χ4v) is 1.72. The molecular weight excluding hydrogens is 196 g/mol. The van der Waals surface area contributed by atoms with Crippen molar-refractivity contribution in [3.63, 3.8) is 0 Å². The first-order valence-electron chi connectivity index (χ1n) is 4.79. The van der Waals surface area contributed by atoms with Gasteiger partial charge in [-0.1, -0.05) is 0 Å². The van der Waals surface area contributed by atoms with Crippen LogP contribution in [0.25, 0.3) is 11.0 Å². The van der Waals surface area contributed by atoms with E-state index in [2.05, 4.69) is 0 Å². The van der Waals surface area contributed by atoms with E-state index in [0.29, 0.717) is 18.1 Å². The third kappa shape index (κ3) is 1.26. The molecule has 0 spiro atoms. The van der Waals surface area contributed by atoms with Gasteiger partial charge in [0.25, 0.3) is 0 Å². The molecule has 2 aromatic rings. The van der Waals surface area contributed by atoms with E-state index in [9.17, 15) is 0 Å². The molecule has 1 aromatic heterocycles. The van der Waals surface area contributed by atoms with Crippen molar-refractivity contribution in [3.05, 3.63) is 24.5 Å². The molecule has 1 aliphatic rings. The Morgan fingerprint density at radius 2 is 2.27 bits per heavy atom. The molecule has 0 amide bonds. The highest BCUT2D eigenvalue weighted by atomic mass is 16.6. The van der Waals surface area contributed by atoms with E-state index in [4.69, 9.17) is 19.0 Å². The zero-order valence-electron chi connectivity index (χ0n) is 7.97. The molecule has 4 heteroatoms. The second kappa shape index (κ2) is 3.17. The average molecular weight is 206 g/mol. The molecule has 2 heterocycles. The van der Waals surface area contributed by atoms with E-state index >= 15 is 0 Å². The maximum absolute atomic E-state index is 8.97. The summed E-state index contributed by atoms with van der Waals surface area (Å²) in [7, 11) is 0. The second-order valence-electron chi connectivity index (χ2n) is 3.46. The Morgan fingerprint density at radius 3 is 3.13 bits per heavy atom. The summed E-state index contributed by atoms with van der Waals surface area (Å²) in [5.74, 6) is 1.36. The third-order valence-corrected chi connectivity index (χ3v) is 2.46. The van der Waals surface area contributed by atoms with E-state index in [1.165, 1.54) is 0 Å². The summed E-state index contributed by atoms with van der Waals surface area (Å²) in [4.78, 5) is 0. The molecule has 1 unspecified atom stereocenters. The maximum atomic E-state index is 8.97. The molecule has 0 fully saturated rings. The number of hydrogen-bond acceptors (Lipinski definition) is 4. The fourth-order valence-electron chi connectivity index (χ4n) is 1.72. The Bertz CT molecular complexity index is 488. The van der Waals surface area contributed by atoms with Gasteiger partial charge in [0, 0.05) is 0 Å². The standard InChI is InChI=1S/C11H10O4/c12-5-7-6-14-11-8-3-4-13-9(8)1-2-10(11)15-7/h1-4,7,12H,5-6H2. The quantitative estimate of drug-likeness (QED) is 0.769. The van der Waals surface area contributed by atoms with Crippen molar-refractivity contribution in [2.75, 3.05) is 13.2 Å². The Labute approximate surface area is 86.0 Å². The van der Waals surface area contributed by atoms with E-state index < -0.39 is 0 Å². The SMILES string of the molecule is OCC1COc2c(ccc3occc23)O1. The smallest absolute Gasteiger partial charge is 0.172 e. The number of ether oxygens (including phenoxy) is 2. The summed E-state index contributed by atoms with van der Waals surface area (Å²) in [5.41, 5.74) is 0.778. The number of fused-ring (bicyclic) bond motifs is 3. The minimum absolute atomic E-state index is 0.0388. The third-order valence-electron chi connectivity index (χ3n) is 2.46. The molecule has 15 heavy (non-hydrogen) atoms. The van der Waals surface area contributed by atoms with Crippen LogP contribution in [0.4, 0.5) is 0 Å². The number of furan rings is 1. The van der Waals surface area contributed by atoms with Crippen LogP contribution in [0.15, 0.2) is 28.9 Å². The number of rotatable bonds is 1. The molecule has 0 bridgehead atoms. The Balaban J connectivity index is 2.12. The highest BCUT2D eigenvalue weighted by Gasteiger charge is 2.22. The monoisotopic (exact) mass is 206 g/mol. The van der Waals surface area contributed by atoms with E-state index in [1.54, 1.807) is 12.3 Å². The molecule has 1 N–H and O–H groups in total. The van der Waals surface area contributed by atoms with Gasteiger partial charge in [-0.2, -0.15) is 0 Å². The summed E-state index contributed by atoms with van der Waals surface area (Å²) in [6.45, 7) is 0.330. The minimum atomic E-state index is -0.276. The molecule has 0 radical (unpaired) electrons. The average Bonchev–Trinajstić information content (AvgIpc) is 2.76. The summed E-state index contributed by atoms with van der Waals surface area (Å²) in [5, 5.41) is 9.87. The predicted octanol–water partition coefficient (Wildman–Crippen LogP) is 1.56. The molecule has 1 aromatic carbocycles. The highest BCUT2D eigenvalue weighted by Crippen LogP contribution is 2.38. The van der Waals surface area contributed by atoms with Crippen LogP contribution in [-0.2, 0) is 0 Å². The van der Waals surface area contributed by atoms with Crippen molar-refractivity contribution < 1.29 is 19.0 Å². The first-order valence-corrected chi connectivity index (χ1v) is 4.79. The van der Waals surface area contributed by atoms with Crippen molar-refractivity contribution in [2.45, 2.75) is 6.10 Å². The lowest BCUT2D eigenvalue weighted by Crippen LogP contribution is -2.32. The topological polar surface area (TPSA) is 51.8 Å². The van der Waals surface area contributed by atoms with Gasteiger partial charge < -0.3 is 19.0 Å². The maximum Gasteiger partial charge on any atom is 0.172 e. The van der Waals surface area contributed by atoms with Gasteiger partial charge in [-0.25, -0.2) is 0 Å². The molecule has 1 aliphatic heterocycles. The van der Waals surface area contributed by atoms with Gasteiger partial charge in [0.2, 0.25) is 0 Å². The summed E-state index contributed by atoms with van der Waals surface area (Å²) in [6.07, 6.45) is 1.34. The van der Waals surface area contributed by atoms with Crippen LogP contribution in [0.1, 0.15) is 0 Å². The van der Waals surface area contributed by atoms with Crippen LogP contribution in [0.3, 0.4) is 0 Å². The first-order chi connectivity index (χ1) is 7.38. The van der Waals surface area contributed by atoms with Gasteiger partial charge in [0.05, 0.1) is 18.3 Å². The lowest BCUT2D eigenvalue weighted by atomic mass is 10.2. The van der Waals surface area contributed by atoms with Gasteiger partial charge >= 0.3 is 0 Å². The molecule has 78 valence electrons. The van der Waals surface area contributed by atoms with Gasteiger partial charge in [-0.3, -0.25) is 0 Å². The normalized spacial score (nSPS) is 19.4. The minimum Gasteiger partial charge on any atom is -0.485 e. The van der Waals surface area contributed by atoms with Crippen molar-refractivity contribution in [3.8, 4) is 11.5 Å². The van der Waals surface area contributed by atoms with Gasteiger partial charge in [-0.05, 0) is 18.2 Å². The van der Waals surface area contributed by atoms with E-state index in [-0.39, 0.29) is 12.7 Å². The first kappa shape index (κ1) is 8.61. The summed E-state index contributed by atoms with van der Waals surface area (Å²) < 4.78 is 16.3. The molecular formula is C11H10O4. The molecule has 4 nitrogen and oxygen atoms in total. The van der Waals surface area contributed by atoms with Gasteiger partial charge in [-0.15, -0.1) is 0 Å². The largest absolute Gasteiger partial charge is 0.485 e. The summed E-state index contributed by atoms with van der Waals surface area (Å²) >= 11 is 0. The van der Waals surface area contributed by atoms with E-state index in [1.807, 2.05) is 12.1 Å². The predicted molar refractivity (Wildman–Crippen MR) is 53.2 cm³/mol. The Hall–Kier alpha value is -1.68. The lowest BCUT2D eigenvalue weighted by molar-refractivity contribution is 0.0467. The van der Waals surface area contributed by atoms with Crippen LogP contribution >= 0.6 is 0 Å². The number of aliphatic hydroxyl groups is 1. The zero-order chi connectivity index (χ0) is 10.3. The van der Waals surface area contributed by atoms with Crippen LogP contribution < -0.4 is 9.47 Å². The highest BCUT2D eigenvalue weighted by molar-refractivity contribution is 5.87. The molecule has 0 aliphatic carbocycles. The van der Waals surface area contributed by atoms with Crippen molar-refractivity contribution in [2.24, 2.45) is 0 Å². The lowest BCUT2D eigenvalue weighted by Gasteiger charge is -2.25. The van der Waals surface area contributed by atoms with Crippen LogP contribution in [0.2, 0.25) is 0 Å². The molecule has 0 saturated carbocycles. The summed E-state index contributed by atoms with van der Waals surface area (Å²) in [6, 6.07) is 5.47. The number of benzene rings is 1.